The molecular formula is C12H16N2O3S. The molecule has 0 aliphatic carbocycles. The predicted octanol–water partition coefficient (Wildman–Crippen LogP) is 0.950. The molecule has 0 spiro atoms. The molecule has 1 aromatic carbocycles. The molecule has 1 aromatic rings. The number of nitrogen functional groups attached to an aromatic ring is 1. The summed E-state index contributed by atoms with van der Waals surface area (Å²) >= 11 is 0. The number of carbonyl (C=O) groups is 1. The van der Waals surface area contributed by atoms with E-state index in [2.05, 4.69) is 5.32 Å². The third-order valence-electron chi connectivity index (χ3n) is 3.14. The van der Waals surface area contributed by atoms with Crippen molar-refractivity contribution in [3.63, 3.8) is 0 Å². The van der Waals surface area contributed by atoms with Gasteiger partial charge in [-0.25, -0.2) is 8.42 Å². The Hall–Kier alpha value is -1.56. The van der Waals surface area contributed by atoms with Crippen molar-refractivity contribution in [2.24, 2.45) is 5.92 Å². The second-order valence-electron chi connectivity index (χ2n) is 4.66. The Kier molecular flexibility index (Phi) is 3.30. The summed E-state index contributed by atoms with van der Waals surface area (Å²) < 4.78 is 22.6. The first-order valence-corrected chi connectivity index (χ1v) is 7.57. The van der Waals surface area contributed by atoms with Gasteiger partial charge in [-0.15, -0.1) is 0 Å². The lowest BCUT2D eigenvalue weighted by molar-refractivity contribution is -0.119. The lowest BCUT2D eigenvalue weighted by Gasteiger charge is -2.10. The van der Waals surface area contributed by atoms with Gasteiger partial charge in [-0.3, -0.25) is 4.79 Å². The number of aryl methyl sites for hydroxylation is 1. The van der Waals surface area contributed by atoms with Crippen LogP contribution in [0.2, 0.25) is 0 Å². The number of hydrogen-bond acceptors (Lipinski definition) is 4. The topological polar surface area (TPSA) is 89.3 Å². The van der Waals surface area contributed by atoms with E-state index >= 15 is 0 Å². The summed E-state index contributed by atoms with van der Waals surface area (Å²) in [4.78, 5) is 11.9. The fourth-order valence-corrected chi connectivity index (χ4v) is 3.74. The second kappa shape index (κ2) is 4.61. The maximum Gasteiger partial charge on any atom is 0.228 e. The summed E-state index contributed by atoms with van der Waals surface area (Å²) in [5.74, 6) is -0.619. The van der Waals surface area contributed by atoms with Crippen molar-refractivity contribution in [3.8, 4) is 0 Å². The van der Waals surface area contributed by atoms with Crippen molar-refractivity contribution in [3.05, 3.63) is 23.8 Å². The quantitative estimate of drug-likeness (QED) is 0.781. The minimum Gasteiger partial charge on any atom is -0.399 e. The Balaban J connectivity index is 2.06. The van der Waals surface area contributed by atoms with E-state index in [1.165, 1.54) is 0 Å². The first-order valence-electron chi connectivity index (χ1n) is 5.75. The molecule has 1 unspecified atom stereocenters. The van der Waals surface area contributed by atoms with Crippen LogP contribution in [0.4, 0.5) is 11.4 Å². The van der Waals surface area contributed by atoms with Crippen molar-refractivity contribution in [1.82, 2.24) is 0 Å². The van der Waals surface area contributed by atoms with Crippen LogP contribution in [0.25, 0.3) is 0 Å². The molecule has 0 bridgehead atoms. The molecule has 0 saturated carbocycles. The minimum absolute atomic E-state index is 0.0488. The van der Waals surface area contributed by atoms with Crippen LogP contribution in [0.1, 0.15) is 12.0 Å². The van der Waals surface area contributed by atoms with Crippen LogP contribution in [0.15, 0.2) is 18.2 Å². The van der Waals surface area contributed by atoms with Crippen LogP contribution < -0.4 is 11.1 Å². The predicted molar refractivity (Wildman–Crippen MR) is 71.0 cm³/mol. The standard InChI is InChI=1S/C12H16N2O3S/c1-8-6-10(2-3-11(8)13)14-12(15)9-4-5-18(16,17)7-9/h2-3,6,9H,4-5,7,13H2,1H3,(H,14,15). The molecule has 1 aliphatic heterocycles. The highest BCUT2D eigenvalue weighted by Crippen LogP contribution is 2.22. The van der Waals surface area contributed by atoms with Gasteiger partial charge >= 0.3 is 0 Å². The SMILES string of the molecule is Cc1cc(NC(=O)C2CCS(=O)(=O)C2)ccc1N. The van der Waals surface area contributed by atoms with Gasteiger partial charge in [0.05, 0.1) is 17.4 Å². The van der Waals surface area contributed by atoms with Crippen LogP contribution in [-0.2, 0) is 14.6 Å². The molecule has 6 heteroatoms. The molecule has 3 N–H and O–H groups in total. The van der Waals surface area contributed by atoms with Crippen molar-refractivity contribution in [2.45, 2.75) is 13.3 Å². The normalized spacial score (nSPS) is 21.7. The van der Waals surface area contributed by atoms with Crippen molar-refractivity contribution >= 4 is 27.1 Å². The number of amides is 1. The van der Waals surface area contributed by atoms with E-state index in [1.807, 2.05) is 6.92 Å². The zero-order valence-electron chi connectivity index (χ0n) is 10.1. The highest BCUT2D eigenvalue weighted by molar-refractivity contribution is 7.91. The fraction of sp³-hybridized carbons (Fsp3) is 0.417. The number of carbonyl (C=O) groups excluding carboxylic acids is 1. The molecule has 0 aromatic heterocycles. The summed E-state index contributed by atoms with van der Waals surface area (Å²) in [7, 11) is -3.03. The first kappa shape index (κ1) is 12.9. The van der Waals surface area contributed by atoms with E-state index in [4.69, 9.17) is 5.73 Å². The van der Waals surface area contributed by atoms with Gasteiger partial charge < -0.3 is 11.1 Å². The molecule has 5 nitrogen and oxygen atoms in total. The third-order valence-corrected chi connectivity index (χ3v) is 4.91. The Labute approximate surface area is 106 Å². The number of anilines is 2. The largest absolute Gasteiger partial charge is 0.399 e. The van der Waals surface area contributed by atoms with E-state index in [-0.39, 0.29) is 17.4 Å². The summed E-state index contributed by atoms with van der Waals surface area (Å²) in [6.07, 6.45) is 0.405. The molecule has 1 atom stereocenters. The number of nitrogens with two attached hydrogens (primary N) is 1. The smallest absolute Gasteiger partial charge is 0.228 e. The maximum absolute atomic E-state index is 11.9. The number of benzene rings is 1. The zero-order valence-corrected chi connectivity index (χ0v) is 11.0. The minimum atomic E-state index is -3.03. The van der Waals surface area contributed by atoms with Gasteiger partial charge in [-0.2, -0.15) is 0 Å². The molecule has 1 aliphatic rings. The fourth-order valence-electron chi connectivity index (χ4n) is 2.00. The summed E-state index contributed by atoms with van der Waals surface area (Å²) in [5, 5.41) is 2.73. The molecule has 98 valence electrons. The molecular weight excluding hydrogens is 252 g/mol. The van der Waals surface area contributed by atoms with E-state index in [9.17, 15) is 13.2 Å². The third kappa shape index (κ3) is 2.81. The molecule has 1 saturated heterocycles. The van der Waals surface area contributed by atoms with Crippen molar-refractivity contribution in [1.29, 1.82) is 0 Å². The van der Waals surface area contributed by atoms with Crippen LogP contribution >= 0.6 is 0 Å². The van der Waals surface area contributed by atoms with Gasteiger partial charge in [0.1, 0.15) is 0 Å². The number of sulfone groups is 1. The van der Waals surface area contributed by atoms with Gasteiger partial charge in [-0.05, 0) is 37.1 Å². The summed E-state index contributed by atoms with van der Waals surface area (Å²) in [6, 6.07) is 5.21. The summed E-state index contributed by atoms with van der Waals surface area (Å²) in [5.41, 5.74) is 7.88. The molecule has 2 rings (SSSR count). The molecule has 1 fully saturated rings. The molecule has 1 amide bonds. The number of hydrogen-bond donors (Lipinski definition) is 2. The Bertz CT molecular complexity index is 581. The van der Waals surface area contributed by atoms with Crippen LogP contribution in [0, 0.1) is 12.8 Å². The van der Waals surface area contributed by atoms with Crippen LogP contribution in [0.5, 0.6) is 0 Å². The number of rotatable bonds is 2. The maximum atomic E-state index is 11.9. The summed E-state index contributed by atoms with van der Waals surface area (Å²) in [6.45, 7) is 1.85. The van der Waals surface area contributed by atoms with Gasteiger partial charge in [0.2, 0.25) is 5.91 Å². The average molecular weight is 268 g/mol. The van der Waals surface area contributed by atoms with E-state index < -0.39 is 15.8 Å². The Morgan fingerprint density at radius 3 is 2.72 bits per heavy atom. The number of nitrogens with one attached hydrogen (secondary N) is 1. The molecule has 0 radical (unpaired) electrons. The van der Waals surface area contributed by atoms with E-state index in [0.29, 0.717) is 17.8 Å². The van der Waals surface area contributed by atoms with Gasteiger partial charge in [0.25, 0.3) is 0 Å². The van der Waals surface area contributed by atoms with Crippen molar-refractivity contribution in [2.75, 3.05) is 22.6 Å². The first-order chi connectivity index (χ1) is 8.37. The van der Waals surface area contributed by atoms with E-state index in [0.717, 1.165) is 5.56 Å². The van der Waals surface area contributed by atoms with E-state index in [1.54, 1.807) is 18.2 Å². The monoisotopic (exact) mass is 268 g/mol. The van der Waals surface area contributed by atoms with Crippen molar-refractivity contribution < 1.29 is 13.2 Å². The van der Waals surface area contributed by atoms with Gasteiger partial charge in [0, 0.05) is 11.4 Å². The average Bonchev–Trinajstić information content (AvgIpc) is 2.64. The van der Waals surface area contributed by atoms with Gasteiger partial charge in [-0.1, -0.05) is 0 Å². The Morgan fingerprint density at radius 1 is 1.44 bits per heavy atom. The van der Waals surface area contributed by atoms with Gasteiger partial charge in [0.15, 0.2) is 9.84 Å². The second-order valence-corrected chi connectivity index (χ2v) is 6.89. The highest BCUT2D eigenvalue weighted by atomic mass is 32.2. The lowest BCUT2D eigenvalue weighted by Crippen LogP contribution is -2.23. The van der Waals surface area contributed by atoms with Crippen LogP contribution in [-0.4, -0.2) is 25.8 Å². The molecule has 18 heavy (non-hydrogen) atoms. The highest BCUT2D eigenvalue weighted by Gasteiger charge is 2.32. The Morgan fingerprint density at radius 2 is 2.17 bits per heavy atom. The van der Waals surface area contributed by atoms with Crippen LogP contribution in [0.3, 0.4) is 0 Å². The zero-order chi connectivity index (χ0) is 13.3. The molecule has 1 heterocycles. The lowest BCUT2D eigenvalue weighted by atomic mass is 10.1.